The highest BCUT2D eigenvalue weighted by Crippen LogP contribution is 2.19. The lowest BCUT2D eigenvalue weighted by molar-refractivity contribution is 0.0939. The number of ether oxygens (including phenoxy) is 1. The van der Waals surface area contributed by atoms with E-state index in [9.17, 15) is 4.79 Å². The molecule has 2 aromatic carbocycles. The number of rotatable bonds is 8. The van der Waals surface area contributed by atoms with Gasteiger partial charge in [-0.2, -0.15) is 0 Å². The van der Waals surface area contributed by atoms with Gasteiger partial charge in [-0.15, -0.1) is 24.0 Å². The van der Waals surface area contributed by atoms with Crippen LogP contribution in [0.3, 0.4) is 0 Å². The largest absolute Gasteiger partial charge is 0.496 e. The molecule has 1 amide bonds. The van der Waals surface area contributed by atoms with Gasteiger partial charge >= 0.3 is 0 Å². The molecule has 3 N–H and O–H groups in total. The third-order valence-corrected chi connectivity index (χ3v) is 4.75. The van der Waals surface area contributed by atoms with E-state index >= 15 is 0 Å². The smallest absolute Gasteiger partial charge is 0.251 e. The normalized spacial score (nSPS) is 11.8. The first-order valence-corrected chi connectivity index (χ1v) is 9.94. The molecule has 0 bridgehead atoms. The lowest BCUT2D eigenvalue weighted by Crippen LogP contribution is -2.36. The van der Waals surface area contributed by atoms with E-state index in [4.69, 9.17) is 4.74 Å². The predicted molar refractivity (Wildman–Crippen MR) is 134 cm³/mol. The van der Waals surface area contributed by atoms with Crippen LogP contribution < -0.4 is 20.7 Å². The minimum atomic E-state index is -0.0461. The van der Waals surface area contributed by atoms with Gasteiger partial charge in [0.1, 0.15) is 5.75 Å². The van der Waals surface area contributed by atoms with Crippen LogP contribution in [0.25, 0.3) is 0 Å². The van der Waals surface area contributed by atoms with Crippen molar-refractivity contribution in [3.63, 3.8) is 0 Å². The van der Waals surface area contributed by atoms with Crippen LogP contribution in [0.2, 0.25) is 0 Å². The quantitative estimate of drug-likeness (QED) is 0.277. The van der Waals surface area contributed by atoms with Crippen LogP contribution in [0.4, 0.5) is 0 Å². The first-order chi connectivity index (χ1) is 14.0. The fourth-order valence-corrected chi connectivity index (χ4v) is 2.81. The van der Waals surface area contributed by atoms with Crippen molar-refractivity contribution in [2.45, 2.75) is 46.3 Å². The van der Waals surface area contributed by atoms with E-state index in [0.717, 1.165) is 28.9 Å². The minimum Gasteiger partial charge on any atom is -0.496 e. The van der Waals surface area contributed by atoms with Gasteiger partial charge in [-0.3, -0.25) is 9.79 Å². The number of hydrogen-bond donors (Lipinski definition) is 3. The van der Waals surface area contributed by atoms with E-state index in [1.807, 2.05) is 50.2 Å². The first-order valence-electron chi connectivity index (χ1n) is 9.94. The van der Waals surface area contributed by atoms with Gasteiger partial charge in [-0.1, -0.05) is 31.2 Å². The second-order valence-electron chi connectivity index (χ2n) is 7.08. The number of aliphatic imine (C=N–C) groups is 1. The van der Waals surface area contributed by atoms with Crippen LogP contribution in [0.5, 0.6) is 5.75 Å². The number of halogens is 1. The Morgan fingerprint density at radius 2 is 1.87 bits per heavy atom. The monoisotopic (exact) mass is 524 g/mol. The van der Waals surface area contributed by atoms with E-state index < -0.39 is 0 Å². The molecule has 0 radical (unpaired) electrons. The molecule has 1 atom stereocenters. The fourth-order valence-electron chi connectivity index (χ4n) is 2.81. The molecule has 2 aromatic rings. The molecule has 0 saturated carbocycles. The topological polar surface area (TPSA) is 74.8 Å². The zero-order valence-electron chi connectivity index (χ0n) is 18.4. The number of nitrogens with zero attached hydrogens (tertiary/aromatic N) is 1. The Balaban J connectivity index is 0.00000450. The van der Waals surface area contributed by atoms with Crippen molar-refractivity contribution in [1.82, 2.24) is 16.0 Å². The maximum Gasteiger partial charge on any atom is 0.251 e. The molecule has 30 heavy (non-hydrogen) atoms. The fraction of sp³-hybridized carbons (Fsp3) is 0.391. The van der Waals surface area contributed by atoms with Gasteiger partial charge in [-0.05, 0) is 49.6 Å². The van der Waals surface area contributed by atoms with Crippen molar-refractivity contribution >= 4 is 35.8 Å². The Morgan fingerprint density at radius 3 is 2.53 bits per heavy atom. The zero-order chi connectivity index (χ0) is 21.2. The summed E-state index contributed by atoms with van der Waals surface area (Å²) in [4.78, 5) is 16.6. The number of nitrogens with one attached hydrogen (secondary N) is 3. The summed E-state index contributed by atoms with van der Waals surface area (Å²) < 4.78 is 5.45. The maximum absolute atomic E-state index is 12.3. The van der Waals surface area contributed by atoms with Crippen molar-refractivity contribution in [2.75, 3.05) is 14.2 Å². The van der Waals surface area contributed by atoms with Gasteiger partial charge in [0.25, 0.3) is 5.91 Å². The standard InChI is InChI=1S/C23H32N4O2.HI/c1-6-17(3)27-22(28)19-9-7-8-18(13-19)14-25-23(24-4)26-15-20-11-10-16(2)12-21(20)29-5;/h7-13,17H,6,14-15H2,1-5H3,(H,27,28)(H2,24,25,26);1H. The van der Waals surface area contributed by atoms with Gasteiger partial charge in [0.05, 0.1) is 7.11 Å². The van der Waals surface area contributed by atoms with Gasteiger partial charge in [0.2, 0.25) is 0 Å². The Morgan fingerprint density at radius 1 is 1.13 bits per heavy atom. The average Bonchev–Trinajstić information content (AvgIpc) is 2.74. The zero-order valence-corrected chi connectivity index (χ0v) is 20.7. The van der Waals surface area contributed by atoms with E-state index in [-0.39, 0.29) is 35.9 Å². The van der Waals surface area contributed by atoms with Crippen LogP contribution >= 0.6 is 24.0 Å². The molecule has 0 spiro atoms. The van der Waals surface area contributed by atoms with Crippen LogP contribution in [-0.4, -0.2) is 32.1 Å². The van der Waals surface area contributed by atoms with Gasteiger partial charge in [-0.25, -0.2) is 0 Å². The summed E-state index contributed by atoms with van der Waals surface area (Å²) in [5.74, 6) is 1.49. The summed E-state index contributed by atoms with van der Waals surface area (Å²) in [5.41, 5.74) is 3.89. The Bertz CT molecular complexity index is 855. The summed E-state index contributed by atoms with van der Waals surface area (Å²) in [6.45, 7) is 7.26. The molecule has 0 aliphatic rings. The number of carbonyl (C=O) groups is 1. The third-order valence-electron chi connectivity index (χ3n) is 4.75. The van der Waals surface area contributed by atoms with Crippen molar-refractivity contribution in [2.24, 2.45) is 4.99 Å². The van der Waals surface area contributed by atoms with Crippen LogP contribution in [-0.2, 0) is 13.1 Å². The molecule has 0 heterocycles. The van der Waals surface area contributed by atoms with E-state index in [1.54, 1.807) is 14.2 Å². The number of amides is 1. The number of carbonyl (C=O) groups excluding carboxylic acids is 1. The van der Waals surface area contributed by atoms with Gasteiger partial charge in [0.15, 0.2) is 5.96 Å². The molecule has 6 nitrogen and oxygen atoms in total. The minimum absolute atomic E-state index is 0. The third kappa shape index (κ3) is 7.85. The maximum atomic E-state index is 12.3. The molecule has 0 aromatic heterocycles. The number of methoxy groups -OCH3 is 1. The van der Waals surface area contributed by atoms with Crippen molar-refractivity contribution in [1.29, 1.82) is 0 Å². The Kier molecular flexibility index (Phi) is 11.2. The van der Waals surface area contributed by atoms with E-state index in [2.05, 4.69) is 33.9 Å². The van der Waals surface area contributed by atoms with Gasteiger partial charge in [0, 0.05) is 37.3 Å². The summed E-state index contributed by atoms with van der Waals surface area (Å²) in [6, 6.07) is 13.9. The van der Waals surface area contributed by atoms with Crippen LogP contribution in [0.15, 0.2) is 47.5 Å². The van der Waals surface area contributed by atoms with Crippen LogP contribution in [0, 0.1) is 6.92 Å². The summed E-state index contributed by atoms with van der Waals surface area (Å²) in [5, 5.41) is 9.59. The molecule has 0 aliphatic carbocycles. The summed E-state index contributed by atoms with van der Waals surface area (Å²) >= 11 is 0. The molecule has 2 rings (SSSR count). The SMILES string of the molecule is CCC(C)NC(=O)c1cccc(CNC(=NC)NCc2ccc(C)cc2OC)c1.I. The summed E-state index contributed by atoms with van der Waals surface area (Å²) in [7, 11) is 3.41. The molecule has 0 aliphatic heterocycles. The molecule has 164 valence electrons. The Labute approximate surface area is 196 Å². The molecule has 0 fully saturated rings. The average molecular weight is 524 g/mol. The Hall–Kier alpha value is -2.29. The molecular formula is C23H33IN4O2. The number of benzene rings is 2. The van der Waals surface area contributed by atoms with E-state index in [1.165, 1.54) is 0 Å². The van der Waals surface area contributed by atoms with E-state index in [0.29, 0.717) is 24.6 Å². The number of guanidine groups is 1. The van der Waals surface area contributed by atoms with Crippen molar-refractivity contribution in [3.8, 4) is 5.75 Å². The number of aryl methyl sites for hydroxylation is 1. The number of hydrogen-bond acceptors (Lipinski definition) is 3. The lowest BCUT2D eigenvalue weighted by Gasteiger charge is -2.15. The van der Waals surface area contributed by atoms with Crippen molar-refractivity contribution < 1.29 is 9.53 Å². The first kappa shape index (κ1) is 25.7. The molecule has 0 saturated heterocycles. The lowest BCUT2D eigenvalue weighted by atomic mass is 10.1. The molecular weight excluding hydrogens is 491 g/mol. The predicted octanol–water partition coefficient (Wildman–Crippen LogP) is 4.02. The van der Waals surface area contributed by atoms with Crippen molar-refractivity contribution in [3.05, 3.63) is 64.7 Å². The second-order valence-corrected chi connectivity index (χ2v) is 7.08. The van der Waals surface area contributed by atoms with Gasteiger partial charge < -0.3 is 20.7 Å². The molecule has 1 unspecified atom stereocenters. The highest BCUT2D eigenvalue weighted by Gasteiger charge is 2.09. The molecule has 7 heteroatoms. The highest BCUT2D eigenvalue weighted by molar-refractivity contribution is 14.0. The van der Waals surface area contributed by atoms with Crippen LogP contribution in [0.1, 0.15) is 47.3 Å². The summed E-state index contributed by atoms with van der Waals surface area (Å²) in [6.07, 6.45) is 0.904. The second kappa shape index (κ2) is 13.1. The highest BCUT2D eigenvalue weighted by atomic mass is 127.